The van der Waals surface area contributed by atoms with Crippen LogP contribution in [0.4, 0.5) is 11.5 Å². The van der Waals surface area contributed by atoms with Crippen molar-refractivity contribution < 1.29 is 9.47 Å². The molecule has 3 heterocycles. The van der Waals surface area contributed by atoms with Gasteiger partial charge in [-0.2, -0.15) is 0 Å². The van der Waals surface area contributed by atoms with Gasteiger partial charge in [0.1, 0.15) is 0 Å². The average molecular weight is 413 g/mol. The van der Waals surface area contributed by atoms with Crippen LogP contribution >= 0.6 is 0 Å². The standard InChI is InChI=1S/C22H28N4O2S/c1-15-14-28-10-9-26(15)16-11-20(23-21(12-16)25-29(3,4)5)18-13-22(27-2)24-19-8-6-7-17(18)19/h6-7,11-13,15H,3,8-10,14H2,1-2,4-5H3/t15-/m1/s1. The Morgan fingerprint density at radius 2 is 2.10 bits per heavy atom. The Bertz CT molecular complexity index is 1080. The Hall–Kier alpha value is -2.38. The molecule has 0 amide bonds. The maximum atomic E-state index is 5.63. The number of hydrogen-bond donors (Lipinski definition) is 0. The van der Waals surface area contributed by atoms with Crippen LogP contribution in [0.3, 0.4) is 0 Å². The summed E-state index contributed by atoms with van der Waals surface area (Å²) in [5.74, 6) is 5.54. The Labute approximate surface area is 173 Å². The normalized spacial score (nSPS) is 18.6. The highest BCUT2D eigenvalue weighted by atomic mass is 32.2. The minimum atomic E-state index is -1.34. The van der Waals surface area contributed by atoms with Crippen LogP contribution < -0.4 is 9.64 Å². The molecule has 154 valence electrons. The van der Waals surface area contributed by atoms with Gasteiger partial charge in [-0.3, -0.25) is 0 Å². The van der Waals surface area contributed by atoms with Gasteiger partial charge >= 0.3 is 0 Å². The van der Waals surface area contributed by atoms with Crippen LogP contribution in [0.5, 0.6) is 5.88 Å². The summed E-state index contributed by atoms with van der Waals surface area (Å²) in [4.78, 5) is 11.9. The van der Waals surface area contributed by atoms with Crippen LogP contribution in [0.1, 0.15) is 18.2 Å². The SMILES string of the molecule is C=S(C)(C)=Nc1cc(N2CCOC[C@H]2C)cc(-c2cc(OC)nc3c2C=CC3)n1. The van der Waals surface area contributed by atoms with E-state index in [1.54, 1.807) is 7.11 Å². The molecule has 4 rings (SSSR count). The number of aromatic nitrogens is 2. The van der Waals surface area contributed by atoms with Gasteiger partial charge in [0.15, 0.2) is 5.82 Å². The number of anilines is 1. The number of nitrogens with zero attached hydrogens (tertiary/aromatic N) is 4. The van der Waals surface area contributed by atoms with Crippen molar-refractivity contribution in [3.05, 3.63) is 35.5 Å². The van der Waals surface area contributed by atoms with Crippen molar-refractivity contribution in [1.29, 1.82) is 0 Å². The molecule has 1 aliphatic carbocycles. The minimum absolute atomic E-state index is 0.296. The number of methoxy groups -OCH3 is 1. The lowest BCUT2D eigenvalue weighted by Crippen LogP contribution is -2.43. The van der Waals surface area contributed by atoms with E-state index in [1.807, 2.05) is 6.07 Å². The van der Waals surface area contributed by atoms with Gasteiger partial charge in [-0.25, -0.2) is 14.3 Å². The molecular formula is C22H28N4O2S. The van der Waals surface area contributed by atoms with Gasteiger partial charge in [0.25, 0.3) is 0 Å². The van der Waals surface area contributed by atoms with E-state index < -0.39 is 9.41 Å². The third kappa shape index (κ3) is 4.31. The molecular weight excluding hydrogens is 384 g/mol. The van der Waals surface area contributed by atoms with Gasteiger partial charge in [-0.15, -0.1) is 9.41 Å². The monoisotopic (exact) mass is 412 g/mol. The van der Waals surface area contributed by atoms with E-state index >= 15 is 0 Å². The van der Waals surface area contributed by atoms with Crippen molar-refractivity contribution in [3.63, 3.8) is 0 Å². The van der Waals surface area contributed by atoms with Crippen LogP contribution in [0.25, 0.3) is 17.3 Å². The quantitative estimate of drug-likeness (QED) is 0.718. The smallest absolute Gasteiger partial charge is 0.213 e. The van der Waals surface area contributed by atoms with E-state index in [-0.39, 0.29) is 0 Å². The summed E-state index contributed by atoms with van der Waals surface area (Å²) >= 11 is 0. The van der Waals surface area contributed by atoms with E-state index in [1.165, 1.54) is 0 Å². The number of allylic oxidation sites excluding steroid dienone is 1. The predicted molar refractivity (Wildman–Crippen MR) is 123 cm³/mol. The highest BCUT2D eigenvalue weighted by Gasteiger charge is 2.22. The van der Waals surface area contributed by atoms with Gasteiger partial charge in [-0.1, -0.05) is 18.0 Å². The second kappa shape index (κ2) is 7.80. The molecule has 29 heavy (non-hydrogen) atoms. The fraction of sp³-hybridized carbons (Fsp3) is 0.409. The van der Waals surface area contributed by atoms with Gasteiger partial charge in [0.05, 0.1) is 31.7 Å². The zero-order valence-corrected chi connectivity index (χ0v) is 18.3. The first-order chi connectivity index (χ1) is 13.8. The topological polar surface area (TPSA) is 59.8 Å². The molecule has 1 fully saturated rings. The first kappa shape index (κ1) is 19.9. The second-order valence-electron chi connectivity index (χ2n) is 7.94. The fourth-order valence-electron chi connectivity index (χ4n) is 3.75. The summed E-state index contributed by atoms with van der Waals surface area (Å²) in [6.45, 7) is 4.48. The highest BCUT2D eigenvalue weighted by molar-refractivity contribution is 8.01. The second-order valence-corrected chi connectivity index (χ2v) is 11.1. The van der Waals surface area contributed by atoms with Crippen molar-refractivity contribution in [1.82, 2.24) is 9.97 Å². The van der Waals surface area contributed by atoms with Crippen molar-refractivity contribution in [2.45, 2.75) is 19.4 Å². The predicted octanol–water partition coefficient (Wildman–Crippen LogP) is 3.61. The number of pyridine rings is 2. The number of rotatable bonds is 4. The third-order valence-electron chi connectivity index (χ3n) is 5.03. The van der Waals surface area contributed by atoms with Crippen molar-refractivity contribution >= 4 is 32.9 Å². The van der Waals surface area contributed by atoms with Gasteiger partial charge in [-0.05, 0) is 25.5 Å². The molecule has 0 N–H and O–H groups in total. The molecule has 2 aromatic rings. The summed E-state index contributed by atoms with van der Waals surface area (Å²) in [5, 5.41) is 0. The minimum Gasteiger partial charge on any atom is -0.481 e. The van der Waals surface area contributed by atoms with Crippen molar-refractivity contribution in [2.75, 3.05) is 44.3 Å². The van der Waals surface area contributed by atoms with E-state index in [4.69, 9.17) is 18.8 Å². The molecule has 7 heteroatoms. The summed E-state index contributed by atoms with van der Waals surface area (Å²) in [6, 6.07) is 6.48. The first-order valence-corrected chi connectivity index (χ1v) is 12.3. The fourth-order valence-corrected chi connectivity index (χ4v) is 4.35. The Morgan fingerprint density at radius 1 is 1.28 bits per heavy atom. The van der Waals surface area contributed by atoms with Crippen LogP contribution in [0.2, 0.25) is 0 Å². The van der Waals surface area contributed by atoms with E-state index in [0.717, 1.165) is 60.2 Å². The van der Waals surface area contributed by atoms with E-state index in [9.17, 15) is 0 Å². The Kier molecular flexibility index (Phi) is 5.36. The molecule has 1 atom stereocenters. The molecule has 6 nitrogen and oxygen atoms in total. The lowest BCUT2D eigenvalue weighted by Gasteiger charge is -2.35. The summed E-state index contributed by atoms with van der Waals surface area (Å²) in [6.07, 6.45) is 9.19. The maximum absolute atomic E-state index is 5.63. The number of fused-ring (bicyclic) bond motifs is 1. The molecule has 0 unspecified atom stereocenters. The molecule has 0 radical (unpaired) electrons. The van der Waals surface area contributed by atoms with Gasteiger partial charge < -0.3 is 14.4 Å². The summed E-state index contributed by atoms with van der Waals surface area (Å²) in [7, 11) is 0.305. The highest BCUT2D eigenvalue weighted by Crippen LogP contribution is 2.36. The molecule has 0 saturated carbocycles. The lowest BCUT2D eigenvalue weighted by atomic mass is 10.0. The number of morpholine rings is 1. The number of ether oxygens (including phenoxy) is 2. The molecule has 0 spiro atoms. The van der Waals surface area contributed by atoms with Crippen LogP contribution in [0.15, 0.2) is 28.6 Å². The summed E-state index contributed by atoms with van der Waals surface area (Å²) < 4.78 is 15.9. The largest absolute Gasteiger partial charge is 0.481 e. The first-order valence-electron chi connectivity index (χ1n) is 9.74. The average Bonchev–Trinajstić information content (AvgIpc) is 3.14. The maximum Gasteiger partial charge on any atom is 0.213 e. The van der Waals surface area contributed by atoms with Crippen LogP contribution in [-0.2, 0) is 20.6 Å². The van der Waals surface area contributed by atoms with Crippen molar-refractivity contribution in [3.8, 4) is 17.1 Å². The van der Waals surface area contributed by atoms with Gasteiger partial charge in [0.2, 0.25) is 5.88 Å². The zero-order valence-electron chi connectivity index (χ0n) is 17.5. The summed E-state index contributed by atoms with van der Waals surface area (Å²) in [5.41, 5.74) is 5.15. The zero-order chi connectivity index (χ0) is 20.6. The Morgan fingerprint density at radius 3 is 2.83 bits per heavy atom. The van der Waals surface area contributed by atoms with Gasteiger partial charge in [0, 0.05) is 48.0 Å². The van der Waals surface area contributed by atoms with Crippen LogP contribution in [0, 0.1) is 0 Å². The van der Waals surface area contributed by atoms with Crippen molar-refractivity contribution in [2.24, 2.45) is 4.36 Å². The molecule has 1 saturated heterocycles. The lowest BCUT2D eigenvalue weighted by molar-refractivity contribution is 0.0989. The Balaban J connectivity index is 1.91. The molecule has 2 aliphatic rings. The number of hydrogen-bond acceptors (Lipinski definition) is 6. The molecule has 0 bridgehead atoms. The molecule has 2 aromatic heterocycles. The van der Waals surface area contributed by atoms with Crippen LogP contribution in [-0.4, -0.2) is 61.3 Å². The third-order valence-corrected chi connectivity index (χ3v) is 5.71. The molecule has 0 aromatic carbocycles. The van der Waals surface area contributed by atoms with E-state index in [2.05, 4.69) is 59.5 Å². The molecule has 1 aliphatic heterocycles. The van der Waals surface area contributed by atoms with E-state index in [0.29, 0.717) is 11.9 Å².